The van der Waals surface area contributed by atoms with Gasteiger partial charge in [0, 0.05) is 5.38 Å². The van der Waals surface area contributed by atoms with Gasteiger partial charge >= 0.3 is 7.60 Å². The second-order valence-corrected chi connectivity index (χ2v) is 5.51. The molecule has 0 spiro atoms. The monoisotopic (exact) mass is 274 g/mol. The molecule has 0 atom stereocenters. The van der Waals surface area contributed by atoms with E-state index in [1.807, 2.05) is 0 Å². The van der Waals surface area contributed by atoms with Crippen LogP contribution in [0.2, 0.25) is 0 Å². The minimum absolute atomic E-state index is 0.0260. The van der Waals surface area contributed by atoms with E-state index in [4.69, 9.17) is 19.9 Å². The number of nitrogens with two attached hydrogens (primary N) is 1. The van der Waals surface area contributed by atoms with Crippen molar-refractivity contribution in [2.24, 2.45) is 5.73 Å². The van der Waals surface area contributed by atoms with E-state index in [1.54, 1.807) is 0 Å². The van der Waals surface area contributed by atoms with Gasteiger partial charge in [0.2, 0.25) is 0 Å². The lowest BCUT2D eigenvalue weighted by Crippen LogP contribution is -2.11. The molecular formula is C8H7N2O5PS. The van der Waals surface area contributed by atoms with Crippen molar-refractivity contribution in [3.63, 3.8) is 0 Å². The summed E-state index contributed by atoms with van der Waals surface area (Å²) in [6.07, 6.45) is 1.15. The Labute approximate surface area is 99.1 Å². The third-order valence-corrected chi connectivity index (χ3v) is 3.73. The van der Waals surface area contributed by atoms with Crippen molar-refractivity contribution in [2.45, 2.75) is 0 Å². The molecule has 1 amide bonds. The number of furan rings is 1. The fourth-order valence-electron chi connectivity index (χ4n) is 1.18. The lowest BCUT2D eigenvalue weighted by atomic mass is 10.4. The Hall–Kier alpha value is -1.47. The number of nitrogens with zero attached hydrogens (tertiary/aromatic N) is 1. The molecule has 4 N–H and O–H groups in total. The molecule has 0 aliphatic carbocycles. The highest BCUT2D eigenvalue weighted by Gasteiger charge is 2.27. The van der Waals surface area contributed by atoms with Crippen LogP contribution in [0.1, 0.15) is 10.5 Å². The summed E-state index contributed by atoms with van der Waals surface area (Å²) in [5, 5.41) is 1.33. The number of thiazole rings is 1. The molecule has 0 unspecified atom stereocenters. The van der Waals surface area contributed by atoms with Gasteiger partial charge < -0.3 is 19.9 Å². The fourth-order valence-corrected chi connectivity index (χ4v) is 2.75. The first-order chi connectivity index (χ1) is 7.89. The van der Waals surface area contributed by atoms with Crippen LogP contribution < -0.4 is 11.0 Å². The number of hydrogen-bond donors (Lipinski definition) is 3. The summed E-state index contributed by atoms with van der Waals surface area (Å²) in [6.45, 7) is 0. The molecule has 0 aliphatic rings. The van der Waals surface area contributed by atoms with Gasteiger partial charge in [-0.25, -0.2) is 4.98 Å². The summed E-state index contributed by atoms with van der Waals surface area (Å²) in [5.41, 5.74) is 5.05. The smallest absolute Gasteiger partial charge is 0.360 e. The molecule has 0 saturated heterocycles. The minimum Gasteiger partial charge on any atom is -0.461 e. The van der Waals surface area contributed by atoms with Crippen LogP contribution in [0.25, 0.3) is 10.8 Å². The molecule has 0 saturated carbocycles. The zero-order valence-electron chi connectivity index (χ0n) is 8.23. The molecule has 2 aromatic heterocycles. The van der Waals surface area contributed by atoms with E-state index < -0.39 is 13.5 Å². The van der Waals surface area contributed by atoms with Crippen molar-refractivity contribution >= 4 is 30.1 Å². The maximum absolute atomic E-state index is 11.1. The molecule has 0 bridgehead atoms. The average molecular weight is 274 g/mol. The molecule has 2 rings (SSSR count). The average Bonchev–Trinajstić information content (AvgIpc) is 2.85. The molecule has 0 radical (unpaired) electrons. The van der Waals surface area contributed by atoms with Crippen LogP contribution in [-0.4, -0.2) is 20.7 Å². The molecular weight excluding hydrogens is 267 g/mol. The predicted molar refractivity (Wildman–Crippen MR) is 60.0 cm³/mol. The molecule has 90 valence electrons. The number of aromatic nitrogens is 1. The highest BCUT2D eigenvalue weighted by atomic mass is 32.1. The third kappa shape index (κ3) is 2.29. The van der Waals surface area contributed by atoms with Gasteiger partial charge in [0.15, 0.2) is 10.8 Å². The standard InChI is InChI=1S/C8H7N2O5PS/c9-7(11)4-3-17-8(10-4)6-5(1-2-15-6)16(12,13)14/h1-3H,(H2,9,11)(H2,12,13,14). The van der Waals surface area contributed by atoms with Crippen LogP contribution in [0.5, 0.6) is 0 Å². The number of carbonyl (C=O) groups is 1. The Morgan fingerprint density at radius 2 is 2.24 bits per heavy atom. The molecule has 0 aliphatic heterocycles. The molecule has 2 heterocycles. The van der Waals surface area contributed by atoms with Crippen LogP contribution in [-0.2, 0) is 4.57 Å². The molecule has 0 aromatic carbocycles. The van der Waals surface area contributed by atoms with Gasteiger partial charge in [-0.3, -0.25) is 9.36 Å². The number of rotatable bonds is 3. The topological polar surface area (TPSA) is 127 Å². The fraction of sp³-hybridized carbons (Fsp3) is 0. The van der Waals surface area contributed by atoms with E-state index in [0.717, 1.165) is 17.6 Å². The van der Waals surface area contributed by atoms with E-state index >= 15 is 0 Å². The number of hydrogen-bond acceptors (Lipinski definition) is 5. The SMILES string of the molecule is NC(=O)c1csc(-c2occc2P(=O)(O)O)n1. The number of amides is 1. The Morgan fingerprint density at radius 3 is 2.76 bits per heavy atom. The Kier molecular flexibility index (Phi) is 2.88. The van der Waals surface area contributed by atoms with Gasteiger partial charge in [-0.05, 0) is 6.07 Å². The van der Waals surface area contributed by atoms with Crippen molar-refractivity contribution in [1.29, 1.82) is 0 Å². The van der Waals surface area contributed by atoms with E-state index in [0.29, 0.717) is 0 Å². The summed E-state index contributed by atoms with van der Waals surface area (Å²) in [5.74, 6) is -0.757. The van der Waals surface area contributed by atoms with Gasteiger partial charge in [0.1, 0.15) is 11.0 Å². The zero-order valence-corrected chi connectivity index (χ0v) is 9.94. The third-order valence-electron chi connectivity index (χ3n) is 1.91. The van der Waals surface area contributed by atoms with Crippen LogP contribution >= 0.6 is 18.9 Å². The number of carbonyl (C=O) groups excluding carboxylic acids is 1. The zero-order chi connectivity index (χ0) is 12.6. The minimum atomic E-state index is -4.43. The normalized spacial score (nSPS) is 11.6. The van der Waals surface area contributed by atoms with E-state index in [2.05, 4.69) is 4.98 Å². The van der Waals surface area contributed by atoms with Crippen LogP contribution in [0.15, 0.2) is 22.1 Å². The van der Waals surface area contributed by atoms with Gasteiger partial charge in [-0.1, -0.05) is 0 Å². The predicted octanol–water partition coefficient (Wildman–Crippen LogP) is 0.305. The molecule has 0 fully saturated rings. The lowest BCUT2D eigenvalue weighted by molar-refractivity contribution is 0.0996. The second-order valence-electron chi connectivity index (χ2n) is 3.08. The van der Waals surface area contributed by atoms with Crippen molar-refractivity contribution in [2.75, 3.05) is 0 Å². The Balaban J connectivity index is 2.50. The maximum atomic E-state index is 11.1. The summed E-state index contributed by atoms with van der Waals surface area (Å²) in [6, 6.07) is 1.17. The largest absolute Gasteiger partial charge is 0.461 e. The van der Waals surface area contributed by atoms with Gasteiger partial charge in [-0.2, -0.15) is 0 Å². The lowest BCUT2D eigenvalue weighted by Gasteiger charge is -2.01. The maximum Gasteiger partial charge on any atom is 0.360 e. The van der Waals surface area contributed by atoms with E-state index in [9.17, 15) is 9.36 Å². The first kappa shape index (κ1) is 12.0. The second kappa shape index (κ2) is 4.08. The van der Waals surface area contributed by atoms with E-state index in [-0.39, 0.29) is 21.8 Å². The van der Waals surface area contributed by atoms with Gasteiger partial charge in [-0.15, -0.1) is 11.3 Å². The quantitative estimate of drug-likeness (QED) is 0.691. The molecule has 9 heteroatoms. The first-order valence-corrected chi connectivity index (χ1v) is 6.78. The van der Waals surface area contributed by atoms with Crippen LogP contribution in [0, 0.1) is 0 Å². The Morgan fingerprint density at radius 1 is 1.53 bits per heavy atom. The van der Waals surface area contributed by atoms with Crippen molar-refractivity contribution in [3.8, 4) is 10.8 Å². The first-order valence-electron chi connectivity index (χ1n) is 4.29. The molecule has 17 heavy (non-hydrogen) atoms. The van der Waals surface area contributed by atoms with Gasteiger partial charge in [0.25, 0.3) is 5.91 Å². The summed E-state index contributed by atoms with van der Waals surface area (Å²) >= 11 is 1.02. The van der Waals surface area contributed by atoms with Gasteiger partial charge in [0.05, 0.1) is 6.26 Å². The summed E-state index contributed by atoms with van der Waals surface area (Å²) in [4.78, 5) is 32.8. The van der Waals surface area contributed by atoms with Crippen molar-refractivity contribution < 1.29 is 23.6 Å². The van der Waals surface area contributed by atoms with Crippen molar-refractivity contribution in [1.82, 2.24) is 4.98 Å². The summed E-state index contributed by atoms with van der Waals surface area (Å²) in [7, 11) is -4.43. The van der Waals surface area contributed by atoms with Crippen molar-refractivity contribution in [3.05, 3.63) is 23.4 Å². The molecule has 7 nitrogen and oxygen atoms in total. The highest BCUT2D eigenvalue weighted by Crippen LogP contribution is 2.38. The summed E-state index contributed by atoms with van der Waals surface area (Å²) < 4.78 is 16.1. The van der Waals surface area contributed by atoms with Crippen LogP contribution in [0.3, 0.4) is 0 Å². The van der Waals surface area contributed by atoms with Crippen LogP contribution in [0.4, 0.5) is 0 Å². The number of primary amides is 1. The Bertz CT molecular complexity index is 613. The highest BCUT2D eigenvalue weighted by molar-refractivity contribution is 7.60. The van der Waals surface area contributed by atoms with E-state index in [1.165, 1.54) is 11.4 Å². The molecule has 2 aromatic rings.